The second-order valence-corrected chi connectivity index (χ2v) is 4.23. The summed E-state index contributed by atoms with van der Waals surface area (Å²) in [5.74, 6) is -0.294. The summed E-state index contributed by atoms with van der Waals surface area (Å²) in [6.07, 6.45) is 2.40. The van der Waals surface area contributed by atoms with E-state index in [9.17, 15) is 9.59 Å². The Bertz CT molecular complexity index is 499. The number of aromatic nitrogens is 1. The highest BCUT2D eigenvalue weighted by atomic mass is 16.2. The van der Waals surface area contributed by atoms with Gasteiger partial charge in [0.1, 0.15) is 5.71 Å². The Balaban J connectivity index is 2.05. The van der Waals surface area contributed by atoms with Gasteiger partial charge >= 0.3 is 0 Å². The second-order valence-electron chi connectivity index (χ2n) is 4.23. The molecule has 0 radical (unpaired) electrons. The molecule has 1 aromatic heterocycles. The molecule has 0 atom stereocenters. The zero-order valence-corrected chi connectivity index (χ0v) is 10.8. The number of hydrogen-bond donors (Lipinski definition) is 1. The van der Waals surface area contributed by atoms with Crippen molar-refractivity contribution in [1.82, 2.24) is 15.3 Å². The van der Waals surface area contributed by atoms with Crippen molar-refractivity contribution >= 4 is 17.5 Å². The van der Waals surface area contributed by atoms with Gasteiger partial charge in [-0.15, -0.1) is 0 Å². The number of hydrogen-bond acceptors (Lipinski definition) is 4. The molecule has 1 N–H and O–H groups in total. The quantitative estimate of drug-likeness (QED) is 0.865. The Labute approximate surface area is 111 Å². The van der Waals surface area contributed by atoms with Crippen molar-refractivity contribution in [2.45, 2.75) is 26.3 Å². The number of nitrogens with zero attached hydrogens (tertiary/aromatic N) is 3. The van der Waals surface area contributed by atoms with Crippen LogP contribution in [0.1, 0.15) is 25.5 Å². The van der Waals surface area contributed by atoms with Crippen LogP contribution in [0.4, 0.5) is 0 Å². The Hall–Kier alpha value is -2.24. The number of pyridine rings is 1. The molecule has 2 heterocycles. The number of amides is 2. The van der Waals surface area contributed by atoms with Crippen molar-refractivity contribution in [1.29, 1.82) is 0 Å². The van der Waals surface area contributed by atoms with E-state index < -0.39 is 0 Å². The molecule has 2 amide bonds. The normalized spacial score (nSPS) is 14.6. The molecular formula is C13H16N4O2. The van der Waals surface area contributed by atoms with Gasteiger partial charge in [0.25, 0.3) is 5.91 Å². The maximum absolute atomic E-state index is 12.3. The van der Waals surface area contributed by atoms with Crippen LogP contribution >= 0.6 is 0 Å². The van der Waals surface area contributed by atoms with Gasteiger partial charge in [0.05, 0.1) is 12.2 Å². The molecule has 1 aromatic rings. The summed E-state index contributed by atoms with van der Waals surface area (Å²) in [4.78, 5) is 29.1. The van der Waals surface area contributed by atoms with Crippen LogP contribution in [0.2, 0.25) is 0 Å². The maximum atomic E-state index is 12.3. The lowest BCUT2D eigenvalue weighted by molar-refractivity contribution is -0.125. The summed E-state index contributed by atoms with van der Waals surface area (Å²) < 4.78 is 0. The third-order valence-corrected chi connectivity index (χ3v) is 2.90. The summed E-state index contributed by atoms with van der Waals surface area (Å²) in [7, 11) is 0. The average Bonchev–Trinajstić information content (AvgIpc) is 2.46. The summed E-state index contributed by atoms with van der Waals surface area (Å²) in [6, 6.07) is 5.60. The van der Waals surface area contributed by atoms with Gasteiger partial charge in [-0.25, -0.2) is 5.43 Å². The molecule has 0 saturated heterocycles. The van der Waals surface area contributed by atoms with Gasteiger partial charge in [-0.1, -0.05) is 6.07 Å². The van der Waals surface area contributed by atoms with E-state index in [1.54, 1.807) is 11.1 Å². The molecule has 6 heteroatoms. The van der Waals surface area contributed by atoms with Crippen LogP contribution in [-0.2, 0) is 16.1 Å². The molecule has 2 rings (SSSR count). The van der Waals surface area contributed by atoms with Crippen LogP contribution in [-0.4, -0.2) is 34.0 Å². The van der Waals surface area contributed by atoms with E-state index in [0.29, 0.717) is 31.6 Å². The number of carbonyl (C=O) groups is 2. The van der Waals surface area contributed by atoms with E-state index in [4.69, 9.17) is 0 Å². The molecule has 19 heavy (non-hydrogen) atoms. The number of carbonyl (C=O) groups excluding carboxylic acids is 2. The van der Waals surface area contributed by atoms with Gasteiger partial charge in [0.15, 0.2) is 0 Å². The summed E-state index contributed by atoms with van der Waals surface area (Å²) in [5.41, 5.74) is 3.57. The Kier molecular flexibility index (Phi) is 4.22. The van der Waals surface area contributed by atoms with Crippen LogP contribution in [0, 0.1) is 0 Å². The third-order valence-electron chi connectivity index (χ3n) is 2.90. The largest absolute Gasteiger partial charge is 0.332 e. The predicted octanol–water partition coefficient (Wildman–Crippen LogP) is 0.696. The topological polar surface area (TPSA) is 74.7 Å². The summed E-state index contributed by atoms with van der Waals surface area (Å²) in [5, 5.41) is 3.83. The first-order valence-electron chi connectivity index (χ1n) is 6.25. The lowest BCUT2D eigenvalue weighted by Crippen LogP contribution is -2.39. The first-order chi connectivity index (χ1) is 9.20. The van der Waals surface area contributed by atoms with Crippen molar-refractivity contribution < 1.29 is 9.59 Å². The lowest BCUT2D eigenvalue weighted by Gasteiger charge is -2.22. The van der Waals surface area contributed by atoms with E-state index in [1.165, 1.54) is 0 Å². The molecule has 0 bridgehead atoms. The van der Waals surface area contributed by atoms with Crippen LogP contribution < -0.4 is 5.43 Å². The Morgan fingerprint density at radius 1 is 1.42 bits per heavy atom. The SMILES string of the molecule is CCN(Cc1ccccn1)C(=O)C1=NNC(=O)CC1. The smallest absolute Gasteiger partial charge is 0.270 e. The minimum Gasteiger partial charge on any atom is -0.332 e. The monoisotopic (exact) mass is 260 g/mol. The van der Waals surface area contributed by atoms with Crippen LogP contribution in [0.15, 0.2) is 29.5 Å². The Morgan fingerprint density at radius 2 is 2.26 bits per heavy atom. The van der Waals surface area contributed by atoms with Crippen molar-refractivity contribution in [3.63, 3.8) is 0 Å². The van der Waals surface area contributed by atoms with E-state index in [2.05, 4.69) is 15.5 Å². The number of nitrogens with one attached hydrogen (secondary N) is 1. The highest BCUT2D eigenvalue weighted by molar-refractivity contribution is 6.39. The van der Waals surface area contributed by atoms with Crippen LogP contribution in [0.3, 0.4) is 0 Å². The lowest BCUT2D eigenvalue weighted by atomic mass is 10.1. The first kappa shape index (κ1) is 13.2. The molecular weight excluding hydrogens is 244 g/mol. The minimum atomic E-state index is -0.149. The highest BCUT2D eigenvalue weighted by Gasteiger charge is 2.22. The standard InChI is InChI=1S/C13H16N4O2/c1-2-17(9-10-5-3-4-8-14-10)13(19)11-6-7-12(18)16-15-11/h3-5,8H,2,6-7,9H2,1H3,(H,16,18). The molecule has 0 unspecified atom stereocenters. The zero-order chi connectivity index (χ0) is 13.7. The first-order valence-corrected chi connectivity index (χ1v) is 6.25. The van der Waals surface area contributed by atoms with E-state index in [1.807, 2.05) is 25.1 Å². The van der Waals surface area contributed by atoms with Gasteiger partial charge in [-0.05, 0) is 19.1 Å². The molecule has 6 nitrogen and oxygen atoms in total. The van der Waals surface area contributed by atoms with Gasteiger partial charge in [0, 0.05) is 25.6 Å². The van der Waals surface area contributed by atoms with Crippen molar-refractivity contribution in [3.8, 4) is 0 Å². The molecule has 0 saturated carbocycles. The minimum absolute atomic E-state index is 0.145. The fourth-order valence-corrected chi connectivity index (χ4v) is 1.83. The molecule has 0 fully saturated rings. The highest BCUT2D eigenvalue weighted by Crippen LogP contribution is 2.07. The molecule has 1 aliphatic heterocycles. The van der Waals surface area contributed by atoms with Crippen LogP contribution in [0.5, 0.6) is 0 Å². The zero-order valence-electron chi connectivity index (χ0n) is 10.8. The average molecular weight is 260 g/mol. The van der Waals surface area contributed by atoms with E-state index >= 15 is 0 Å². The predicted molar refractivity (Wildman–Crippen MR) is 70.1 cm³/mol. The van der Waals surface area contributed by atoms with Crippen molar-refractivity contribution in [2.24, 2.45) is 5.10 Å². The fourth-order valence-electron chi connectivity index (χ4n) is 1.83. The second kappa shape index (κ2) is 6.08. The van der Waals surface area contributed by atoms with E-state index in [0.717, 1.165) is 5.69 Å². The van der Waals surface area contributed by atoms with Gasteiger partial charge < -0.3 is 4.90 Å². The summed E-state index contributed by atoms with van der Waals surface area (Å²) >= 11 is 0. The maximum Gasteiger partial charge on any atom is 0.270 e. The fraction of sp³-hybridized carbons (Fsp3) is 0.385. The van der Waals surface area contributed by atoms with E-state index in [-0.39, 0.29) is 11.8 Å². The third kappa shape index (κ3) is 3.37. The van der Waals surface area contributed by atoms with Gasteiger partial charge in [-0.3, -0.25) is 14.6 Å². The molecule has 100 valence electrons. The molecule has 0 aliphatic carbocycles. The molecule has 1 aliphatic rings. The van der Waals surface area contributed by atoms with Crippen LogP contribution in [0.25, 0.3) is 0 Å². The van der Waals surface area contributed by atoms with Crippen molar-refractivity contribution in [3.05, 3.63) is 30.1 Å². The van der Waals surface area contributed by atoms with Crippen molar-refractivity contribution in [2.75, 3.05) is 6.54 Å². The van der Waals surface area contributed by atoms with Gasteiger partial charge in [0.2, 0.25) is 5.91 Å². The molecule has 0 aromatic carbocycles. The summed E-state index contributed by atoms with van der Waals surface area (Å²) in [6.45, 7) is 2.92. The van der Waals surface area contributed by atoms with Gasteiger partial charge in [-0.2, -0.15) is 5.10 Å². The number of rotatable bonds is 4. The Morgan fingerprint density at radius 3 is 2.84 bits per heavy atom. The number of hydrazone groups is 1. The molecule has 0 spiro atoms.